The van der Waals surface area contributed by atoms with Gasteiger partial charge in [0.25, 0.3) is 0 Å². The Morgan fingerprint density at radius 1 is 1.42 bits per heavy atom. The summed E-state index contributed by atoms with van der Waals surface area (Å²) in [4.78, 5) is 13.8. The third-order valence-electron chi connectivity index (χ3n) is 3.50. The van der Waals surface area contributed by atoms with Crippen molar-refractivity contribution in [2.45, 2.75) is 26.0 Å². The van der Waals surface area contributed by atoms with E-state index in [1.54, 1.807) is 6.92 Å². The molecule has 104 valence electrons. The molecule has 2 atom stereocenters. The Bertz CT molecular complexity index is 407. The molecule has 1 aliphatic heterocycles. The summed E-state index contributed by atoms with van der Waals surface area (Å²) < 4.78 is 4.99. The van der Waals surface area contributed by atoms with Crippen LogP contribution >= 0.6 is 0 Å². The molecule has 1 aromatic rings. The molecule has 1 heterocycles. The lowest BCUT2D eigenvalue weighted by Gasteiger charge is -2.34. The summed E-state index contributed by atoms with van der Waals surface area (Å²) in [5.74, 6) is -0.638. The summed E-state index contributed by atoms with van der Waals surface area (Å²) in [6.45, 7) is 4.31. The maximum absolute atomic E-state index is 11.7. The minimum absolute atomic E-state index is 0.269. The molecule has 0 aliphatic carbocycles. The molecule has 4 heteroatoms. The predicted molar refractivity (Wildman–Crippen MR) is 72.5 cm³/mol. The van der Waals surface area contributed by atoms with Gasteiger partial charge in [0, 0.05) is 13.1 Å². The lowest BCUT2D eigenvalue weighted by atomic mass is 9.93. The standard InChI is InChI=1S/C15H21NO3/c1-2-19-15(18)13-8-9-16(11-14(13)17)10-12-6-4-3-5-7-12/h3-7,13-14,17H,2,8-11H2,1H3/t13-,14-/m1/s1. The second-order valence-corrected chi connectivity index (χ2v) is 4.94. The second kappa shape index (κ2) is 6.68. The Hall–Kier alpha value is -1.39. The molecule has 1 N–H and O–H groups in total. The second-order valence-electron chi connectivity index (χ2n) is 4.94. The van der Waals surface area contributed by atoms with E-state index in [1.165, 1.54) is 5.56 Å². The van der Waals surface area contributed by atoms with Gasteiger partial charge in [-0.3, -0.25) is 9.69 Å². The van der Waals surface area contributed by atoms with Crippen LogP contribution in [0.2, 0.25) is 0 Å². The molecule has 0 spiro atoms. The first kappa shape index (κ1) is 14.0. The fraction of sp³-hybridized carbons (Fsp3) is 0.533. The number of carbonyl (C=O) groups is 1. The van der Waals surface area contributed by atoms with Gasteiger partial charge in [-0.25, -0.2) is 0 Å². The van der Waals surface area contributed by atoms with Gasteiger partial charge in [0.2, 0.25) is 0 Å². The fourth-order valence-electron chi connectivity index (χ4n) is 2.51. The smallest absolute Gasteiger partial charge is 0.311 e. The summed E-state index contributed by atoms with van der Waals surface area (Å²) >= 11 is 0. The van der Waals surface area contributed by atoms with E-state index in [4.69, 9.17) is 4.74 Å². The Morgan fingerprint density at radius 2 is 2.16 bits per heavy atom. The molecule has 1 fully saturated rings. The van der Waals surface area contributed by atoms with Crippen LogP contribution in [0.15, 0.2) is 30.3 Å². The maximum Gasteiger partial charge on any atom is 0.311 e. The van der Waals surface area contributed by atoms with Crippen molar-refractivity contribution < 1.29 is 14.6 Å². The van der Waals surface area contributed by atoms with E-state index >= 15 is 0 Å². The van der Waals surface area contributed by atoms with Gasteiger partial charge in [0.05, 0.1) is 18.6 Å². The largest absolute Gasteiger partial charge is 0.466 e. The highest BCUT2D eigenvalue weighted by molar-refractivity contribution is 5.73. The summed E-state index contributed by atoms with van der Waals surface area (Å²) in [5, 5.41) is 10.1. The Labute approximate surface area is 114 Å². The topological polar surface area (TPSA) is 49.8 Å². The minimum atomic E-state index is -0.628. The van der Waals surface area contributed by atoms with Crippen molar-refractivity contribution >= 4 is 5.97 Å². The molecule has 0 unspecified atom stereocenters. The Balaban J connectivity index is 1.88. The van der Waals surface area contributed by atoms with Gasteiger partial charge in [-0.15, -0.1) is 0 Å². The summed E-state index contributed by atoms with van der Waals surface area (Å²) in [6, 6.07) is 10.2. The fourth-order valence-corrected chi connectivity index (χ4v) is 2.51. The van der Waals surface area contributed by atoms with Crippen LogP contribution < -0.4 is 0 Å². The van der Waals surface area contributed by atoms with Crippen molar-refractivity contribution in [3.63, 3.8) is 0 Å². The van der Waals surface area contributed by atoms with E-state index in [2.05, 4.69) is 17.0 Å². The monoisotopic (exact) mass is 263 g/mol. The first-order chi connectivity index (χ1) is 9.20. The van der Waals surface area contributed by atoms with Crippen LogP contribution in [0.25, 0.3) is 0 Å². The molecule has 0 aromatic heterocycles. The molecule has 1 aromatic carbocycles. The van der Waals surface area contributed by atoms with E-state index in [0.717, 1.165) is 13.1 Å². The van der Waals surface area contributed by atoms with E-state index in [9.17, 15) is 9.90 Å². The van der Waals surface area contributed by atoms with Crippen LogP contribution in [0.1, 0.15) is 18.9 Å². The highest BCUT2D eigenvalue weighted by atomic mass is 16.5. The van der Waals surface area contributed by atoms with Crippen LogP contribution in [-0.2, 0) is 16.1 Å². The predicted octanol–water partition coefficient (Wildman–Crippen LogP) is 1.43. The number of esters is 1. The molecule has 1 aliphatic rings. The van der Waals surface area contributed by atoms with Gasteiger partial charge >= 0.3 is 5.97 Å². The molecule has 19 heavy (non-hydrogen) atoms. The Morgan fingerprint density at radius 3 is 2.79 bits per heavy atom. The number of rotatable bonds is 4. The lowest BCUT2D eigenvalue weighted by molar-refractivity contribution is -0.155. The third kappa shape index (κ3) is 3.78. The van der Waals surface area contributed by atoms with E-state index < -0.39 is 6.10 Å². The summed E-state index contributed by atoms with van der Waals surface area (Å²) in [6.07, 6.45) is 0.0313. The number of β-amino-alcohol motifs (C(OH)–C–C–N with tert-alkyl or cyclic N) is 1. The van der Waals surface area contributed by atoms with Crippen molar-refractivity contribution in [2.24, 2.45) is 5.92 Å². The number of nitrogens with zero attached hydrogens (tertiary/aromatic N) is 1. The molecule has 1 saturated heterocycles. The van der Waals surface area contributed by atoms with Gasteiger partial charge in [-0.1, -0.05) is 30.3 Å². The first-order valence-electron chi connectivity index (χ1n) is 6.81. The molecule has 4 nitrogen and oxygen atoms in total. The molecule has 0 saturated carbocycles. The number of hydrogen-bond acceptors (Lipinski definition) is 4. The first-order valence-corrected chi connectivity index (χ1v) is 6.81. The van der Waals surface area contributed by atoms with Crippen molar-refractivity contribution in [2.75, 3.05) is 19.7 Å². The lowest BCUT2D eigenvalue weighted by Crippen LogP contribution is -2.46. The van der Waals surface area contributed by atoms with Crippen LogP contribution in [0.3, 0.4) is 0 Å². The normalized spacial score (nSPS) is 24.1. The zero-order chi connectivity index (χ0) is 13.7. The maximum atomic E-state index is 11.7. The van der Waals surface area contributed by atoms with Gasteiger partial charge in [-0.2, -0.15) is 0 Å². The van der Waals surface area contributed by atoms with E-state index in [1.807, 2.05) is 18.2 Å². The minimum Gasteiger partial charge on any atom is -0.466 e. The summed E-state index contributed by atoms with van der Waals surface area (Å²) in [5.41, 5.74) is 1.23. The number of hydrogen-bond donors (Lipinski definition) is 1. The molecular weight excluding hydrogens is 242 g/mol. The van der Waals surface area contributed by atoms with Gasteiger partial charge in [-0.05, 0) is 25.5 Å². The van der Waals surface area contributed by atoms with Crippen LogP contribution in [0, 0.1) is 5.92 Å². The van der Waals surface area contributed by atoms with Crippen LogP contribution in [0.5, 0.6) is 0 Å². The number of ether oxygens (including phenoxy) is 1. The van der Waals surface area contributed by atoms with Crippen molar-refractivity contribution in [1.29, 1.82) is 0 Å². The number of likely N-dealkylation sites (tertiary alicyclic amines) is 1. The average molecular weight is 263 g/mol. The number of carbonyl (C=O) groups excluding carboxylic acids is 1. The highest BCUT2D eigenvalue weighted by Crippen LogP contribution is 2.20. The highest BCUT2D eigenvalue weighted by Gasteiger charge is 2.33. The third-order valence-corrected chi connectivity index (χ3v) is 3.50. The quantitative estimate of drug-likeness (QED) is 0.835. The van der Waals surface area contributed by atoms with Crippen molar-refractivity contribution in [3.05, 3.63) is 35.9 Å². The molecule has 0 amide bonds. The molecule has 0 bridgehead atoms. The number of aliphatic hydroxyl groups excluding tert-OH is 1. The van der Waals surface area contributed by atoms with E-state index in [-0.39, 0.29) is 11.9 Å². The van der Waals surface area contributed by atoms with Crippen molar-refractivity contribution in [1.82, 2.24) is 4.90 Å². The summed E-state index contributed by atoms with van der Waals surface area (Å²) in [7, 11) is 0. The van der Waals surface area contributed by atoms with Crippen molar-refractivity contribution in [3.8, 4) is 0 Å². The average Bonchev–Trinajstić information content (AvgIpc) is 2.40. The zero-order valence-corrected chi connectivity index (χ0v) is 11.3. The number of piperidine rings is 1. The van der Waals surface area contributed by atoms with Crippen LogP contribution in [-0.4, -0.2) is 41.8 Å². The number of aliphatic hydroxyl groups is 1. The zero-order valence-electron chi connectivity index (χ0n) is 11.3. The SMILES string of the molecule is CCOC(=O)[C@@H]1CCN(Cc2ccccc2)C[C@H]1O. The Kier molecular flexibility index (Phi) is 4.93. The van der Waals surface area contributed by atoms with E-state index in [0.29, 0.717) is 19.6 Å². The number of benzene rings is 1. The van der Waals surface area contributed by atoms with Crippen LogP contribution in [0.4, 0.5) is 0 Å². The molecule has 2 rings (SSSR count). The molecular formula is C15H21NO3. The molecule has 0 radical (unpaired) electrons. The van der Waals surface area contributed by atoms with Gasteiger partial charge < -0.3 is 9.84 Å². The van der Waals surface area contributed by atoms with Gasteiger partial charge in [0.1, 0.15) is 0 Å². The van der Waals surface area contributed by atoms with Gasteiger partial charge in [0.15, 0.2) is 0 Å².